The lowest BCUT2D eigenvalue weighted by atomic mass is 9.82. The predicted molar refractivity (Wildman–Crippen MR) is 85.9 cm³/mol. The van der Waals surface area contributed by atoms with E-state index in [0.29, 0.717) is 5.92 Å². The zero-order valence-electron chi connectivity index (χ0n) is 13.0. The lowest BCUT2D eigenvalue weighted by Gasteiger charge is -2.32. The summed E-state index contributed by atoms with van der Waals surface area (Å²) in [4.78, 5) is 0. The standard InChI is InChI=1S/C16H24BrNO2/c1-10(2)13-14(16(3)7-6-8-18-16)11(17)9-12(19-4)15(13)20-5/h9-10,18H,6-8H2,1-5H3. The van der Waals surface area contributed by atoms with Crippen LogP contribution in [-0.4, -0.2) is 20.8 Å². The summed E-state index contributed by atoms with van der Waals surface area (Å²) in [6, 6.07) is 2.02. The molecule has 1 fully saturated rings. The molecule has 1 heterocycles. The number of methoxy groups -OCH3 is 2. The van der Waals surface area contributed by atoms with E-state index >= 15 is 0 Å². The van der Waals surface area contributed by atoms with Crippen LogP contribution in [0.5, 0.6) is 11.5 Å². The fraction of sp³-hybridized carbons (Fsp3) is 0.625. The molecule has 1 N–H and O–H groups in total. The van der Waals surface area contributed by atoms with Gasteiger partial charge in [0.05, 0.1) is 14.2 Å². The van der Waals surface area contributed by atoms with Gasteiger partial charge < -0.3 is 14.8 Å². The molecule has 0 amide bonds. The zero-order valence-corrected chi connectivity index (χ0v) is 14.6. The fourth-order valence-electron chi connectivity index (χ4n) is 3.21. The Kier molecular flexibility index (Phi) is 4.65. The Bertz CT molecular complexity index is 494. The minimum absolute atomic E-state index is 0.00200. The Morgan fingerprint density at radius 2 is 2.00 bits per heavy atom. The Balaban J connectivity index is 2.72. The Morgan fingerprint density at radius 3 is 2.45 bits per heavy atom. The molecule has 20 heavy (non-hydrogen) atoms. The molecule has 1 aromatic rings. The van der Waals surface area contributed by atoms with E-state index < -0.39 is 0 Å². The predicted octanol–water partition coefficient (Wildman–Crippen LogP) is 4.19. The first kappa shape index (κ1) is 15.6. The van der Waals surface area contributed by atoms with E-state index in [9.17, 15) is 0 Å². The maximum atomic E-state index is 5.66. The first-order valence-electron chi connectivity index (χ1n) is 7.14. The highest BCUT2D eigenvalue weighted by Crippen LogP contribution is 2.47. The molecule has 0 aliphatic carbocycles. The minimum atomic E-state index is -0.00200. The van der Waals surface area contributed by atoms with E-state index in [4.69, 9.17) is 9.47 Å². The van der Waals surface area contributed by atoms with Gasteiger partial charge in [-0.3, -0.25) is 0 Å². The summed E-state index contributed by atoms with van der Waals surface area (Å²) >= 11 is 3.74. The molecule has 1 unspecified atom stereocenters. The van der Waals surface area contributed by atoms with Crippen LogP contribution in [-0.2, 0) is 5.54 Å². The highest BCUT2D eigenvalue weighted by atomic mass is 79.9. The molecule has 1 aliphatic rings. The maximum Gasteiger partial charge on any atom is 0.164 e. The topological polar surface area (TPSA) is 30.5 Å². The van der Waals surface area contributed by atoms with E-state index in [1.54, 1.807) is 14.2 Å². The molecule has 1 atom stereocenters. The Labute approximate surface area is 130 Å². The van der Waals surface area contributed by atoms with Crippen LogP contribution in [0.25, 0.3) is 0 Å². The normalized spacial score (nSPS) is 22.4. The average molecular weight is 342 g/mol. The molecule has 1 aromatic carbocycles. The lowest BCUT2D eigenvalue weighted by molar-refractivity contribution is 0.344. The second-order valence-electron chi connectivity index (χ2n) is 5.90. The van der Waals surface area contributed by atoms with Gasteiger partial charge in [0.2, 0.25) is 0 Å². The minimum Gasteiger partial charge on any atom is -0.493 e. The number of hydrogen-bond acceptors (Lipinski definition) is 3. The molecule has 0 spiro atoms. The quantitative estimate of drug-likeness (QED) is 0.890. The third-order valence-corrected chi connectivity index (χ3v) is 4.78. The number of hydrogen-bond donors (Lipinski definition) is 1. The van der Waals surface area contributed by atoms with Crippen LogP contribution in [0.2, 0.25) is 0 Å². The summed E-state index contributed by atoms with van der Waals surface area (Å²) in [5.74, 6) is 2.01. The van der Waals surface area contributed by atoms with Gasteiger partial charge in [0.25, 0.3) is 0 Å². The first-order valence-corrected chi connectivity index (χ1v) is 7.93. The number of ether oxygens (including phenoxy) is 2. The number of nitrogens with one attached hydrogen (secondary N) is 1. The van der Waals surface area contributed by atoms with Gasteiger partial charge in [-0.15, -0.1) is 0 Å². The molecule has 1 aliphatic heterocycles. The van der Waals surface area contributed by atoms with Crippen molar-refractivity contribution < 1.29 is 9.47 Å². The van der Waals surface area contributed by atoms with Crippen molar-refractivity contribution in [1.82, 2.24) is 5.32 Å². The molecule has 1 saturated heterocycles. The molecule has 0 bridgehead atoms. The van der Waals surface area contributed by atoms with Crippen molar-refractivity contribution in [3.8, 4) is 11.5 Å². The van der Waals surface area contributed by atoms with Crippen molar-refractivity contribution in [2.24, 2.45) is 0 Å². The van der Waals surface area contributed by atoms with E-state index in [-0.39, 0.29) is 5.54 Å². The van der Waals surface area contributed by atoms with Crippen molar-refractivity contribution in [2.75, 3.05) is 20.8 Å². The fourth-order valence-corrected chi connectivity index (χ4v) is 4.07. The second-order valence-corrected chi connectivity index (χ2v) is 6.75. The van der Waals surface area contributed by atoms with Gasteiger partial charge in [0, 0.05) is 15.6 Å². The van der Waals surface area contributed by atoms with Crippen LogP contribution in [0.1, 0.15) is 50.7 Å². The highest BCUT2D eigenvalue weighted by Gasteiger charge is 2.36. The van der Waals surface area contributed by atoms with Gasteiger partial charge in [-0.25, -0.2) is 0 Å². The van der Waals surface area contributed by atoms with Crippen molar-refractivity contribution in [2.45, 2.75) is 45.1 Å². The summed E-state index contributed by atoms with van der Waals surface area (Å²) in [7, 11) is 3.40. The van der Waals surface area contributed by atoms with Gasteiger partial charge in [-0.05, 0) is 43.9 Å². The van der Waals surface area contributed by atoms with Gasteiger partial charge in [-0.1, -0.05) is 29.8 Å². The van der Waals surface area contributed by atoms with E-state index in [1.165, 1.54) is 17.5 Å². The van der Waals surface area contributed by atoms with Crippen molar-refractivity contribution in [3.63, 3.8) is 0 Å². The second kappa shape index (κ2) is 5.94. The zero-order chi connectivity index (χ0) is 14.9. The molecule has 0 radical (unpaired) electrons. The van der Waals surface area contributed by atoms with Gasteiger partial charge in [0.1, 0.15) is 0 Å². The molecule has 2 rings (SSSR count). The first-order chi connectivity index (χ1) is 9.44. The molecule has 4 heteroatoms. The number of rotatable bonds is 4. The maximum absolute atomic E-state index is 5.66. The highest BCUT2D eigenvalue weighted by molar-refractivity contribution is 9.10. The smallest absolute Gasteiger partial charge is 0.164 e. The van der Waals surface area contributed by atoms with Crippen LogP contribution < -0.4 is 14.8 Å². The average Bonchev–Trinajstić information content (AvgIpc) is 2.84. The van der Waals surface area contributed by atoms with Crippen molar-refractivity contribution >= 4 is 15.9 Å². The summed E-state index contributed by atoms with van der Waals surface area (Å²) in [6.45, 7) is 7.74. The van der Waals surface area contributed by atoms with Gasteiger partial charge >= 0.3 is 0 Å². The van der Waals surface area contributed by atoms with Crippen LogP contribution in [0, 0.1) is 0 Å². The van der Waals surface area contributed by atoms with E-state index in [1.807, 2.05) is 6.07 Å². The van der Waals surface area contributed by atoms with E-state index in [2.05, 4.69) is 42.0 Å². The van der Waals surface area contributed by atoms with E-state index in [0.717, 1.165) is 28.9 Å². The SMILES string of the molecule is COc1cc(Br)c(C2(C)CCCN2)c(C(C)C)c1OC. The molecule has 112 valence electrons. The largest absolute Gasteiger partial charge is 0.493 e. The Morgan fingerprint density at radius 1 is 1.30 bits per heavy atom. The van der Waals surface area contributed by atoms with Crippen LogP contribution in [0.3, 0.4) is 0 Å². The van der Waals surface area contributed by atoms with Crippen LogP contribution in [0.4, 0.5) is 0 Å². The summed E-state index contributed by atoms with van der Waals surface area (Å²) in [6.07, 6.45) is 2.34. The lowest BCUT2D eigenvalue weighted by Crippen LogP contribution is -2.35. The summed E-state index contributed by atoms with van der Waals surface area (Å²) in [5, 5.41) is 3.65. The Hall–Kier alpha value is -0.740. The van der Waals surface area contributed by atoms with Crippen LogP contribution in [0.15, 0.2) is 10.5 Å². The van der Waals surface area contributed by atoms with Crippen LogP contribution >= 0.6 is 15.9 Å². The molecular weight excluding hydrogens is 318 g/mol. The number of halogens is 1. The third kappa shape index (κ3) is 2.56. The third-order valence-electron chi connectivity index (χ3n) is 4.16. The molecule has 0 saturated carbocycles. The number of benzene rings is 1. The summed E-state index contributed by atoms with van der Waals surface area (Å²) in [5.41, 5.74) is 2.54. The van der Waals surface area contributed by atoms with Gasteiger partial charge in [0.15, 0.2) is 11.5 Å². The monoisotopic (exact) mass is 341 g/mol. The molecule has 3 nitrogen and oxygen atoms in total. The molecule has 0 aromatic heterocycles. The summed E-state index contributed by atoms with van der Waals surface area (Å²) < 4.78 is 12.2. The van der Waals surface area contributed by atoms with Crippen molar-refractivity contribution in [1.29, 1.82) is 0 Å². The van der Waals surface area contributed by atoms with Gasteiger partial charge in [-0.2, -0.15) is 0 Å². The molecular formula is C16H24BrNO2. The van der Waals surface area contributed by atoms with Crippen molar-refractivity contribution in [3.05, 3.63) is 21.7 Å².